The monoisotopic (exact) mass is 127 g/mol. The second-order valence-electron chi connectivity index (χ2n) is 2.51. The summed E-state index contributed by atoms with van der Waals surface area (Å²) in [4.78, 5) is 0. The van der Waals surface area contributed by atoms with Crippen molar-refractivity contribution < 1.29 is 0 Å². The fourth-order valence-corrected chi connectivity index (χ4v) is 0.676. The molecule has 0 aromatic heterocycles. The highest BCUT2D eigenvalue weighted by atomic mass is 14.6. The molecule has 0 heterocycles. The predicted molar refractivity (Wildman–Crippen MR) is 42.3 cm³/mol. The topological polar surface area (TPSA) is 26.0 Å². The van der Waals surface area contributed by atoms with Gasteiger partial charge in [-0.25, -0.2) is 0 Å². The third-order valence-corrected chi connectivity index (χ3v) is 1.60. The molecule has 0 amide bonds. The lowest BCUT2D eigenvalue weighted by molar-refractivity contribution is 0.642. The van der Waals surface area contributed by atoms with Crippen LogP contribution in [-0.2, 0) is 0 Å². The molecule has 0 saturated heterocycles. The molecule has 0 aromatic rings. The molecule has 0 aliphatic rings. The highest BCUT2D eigenvalue weighted by molar-refractivity contribution is 4.97. The summed E-state index contributed by atoms with van der Waals surface area (Å²) in [5.41, 5.74) is 7.10. The molecule has 0 aliphatic carbocycles. The van der Waals surface area contributed by atoms with Gasteiger partial charge in [-0.2, -0.15) is 0 Å². The van der Waals surface area contributed by atoms with E-state index in [2.05, 4.69) is 26.8 Å². The van der Waals surface area contributed by atoms with E-state index in [0.29, 0.717) is 6.04 Å². The highest BCUT2D eigenvalue weighted by Crippen LogP contribution is 2.03. The van der Waals surface area contributed by atoms with Gasteiger partial charge in [0.05, 0.1) is 0 Å². The van der Waals surface area contributed by atoms with Crippen LogP contribution in [0.25, 0.3) is 0 Å². The van der Waals surface area contributed by atoms with Crippen LogP contribution in [0.4, 0.5) is 0 Å². The Balaban J connectivity index is 3.47. The Kier molecular flexibility index (Phi) is 4.41. The quantitative estimate of drug-likeness (QED) is 0.577. The molecular formula is C8H17N. The summed E-state index contributed by atoms with van der Waals surface area (Å²) < 4.78 is 0. The average molecular weight is 127 g/mol. The molecule has 1 heteroatoms. The van der Waals surface area contributed by atoms with Gasteiger partial charge in [0.25, 0.3) is 0 Å². The molecule has 0 aromatic carbocycles. The fraction of sp³-hybridized carbons (Fsp3) is 0.750. The minimum Gasteiger partial charge on any atom is -0.327 e. The van der Waals surface area contributed by atoms with Gasteiger partial charge in [-0.15, -0.1) is 0 Å². The maximum atomic E-state index is 5.71. The Hall–Kier alpha value is -0.300. The first kappa shape index (κ1) is 8.70. The Morgan fingerprint density at radius 2 is 2.22 bits per heavy atom. The van der Waals surface area contributed by atoms with Crippen molar-refractivity contribution in [2.24, 2.45) is 5.73 Å². The summed E-state index contributed by atoms with van der Waals surface area (Å²) in [6.45, 7) is 6.29. The normalized spacial score (nSPS) is 15.8. The van der Waals surface area contributed by atoms with Crippen LogP contribution in [-0.4, -0.2) is 6.04 Å². The van der Waals surface area contributed by atoms with E-state index in [0.717, 1.165) is 12.8 Å². The van der Waals surface area contributed by atoms with Gasteiger partial charge >= 0.3 is 0 Å². The van der Waals surface area contributed by atoms with Crippen LogP contribution in [0.5, 0.6) is 0 Å². The van der Waals surface area contributed by atoms with Crippen molar-refractivity contribution in [3.63, 3.8) is 0 Å². The molecule has 1 unspecified atom stereocenters. The van der Waals surface area contributed by atoms with Crippen LogP contribution in [0.15, 0.2) is 11.6 Å². The third-order valence-electron chi connectivity index (χ3n) is 1.60. The van der Waals surface area contributed by atoms with Crippen LogP contribution in [0, 0.1) is 0 Å². The standard InChI is InChI=1S/C8H17N/c1-4-7(3)6-8(9)5-2/h4,8H,5-6,9H2,1-3H3/b7-4+. The molecule has 0 spiro atoms. The van der Waals surface area contributed by atoms with Crippen LogP contribution in [0.1, 0.15) is 33.6 Å². The molecule has 0 fully saturated rings. The Morgan fingerprint density at radius 1 is 1.67 bits per heavy atom. The number of hydrogen-bond acceptors (Lipinski definition) is 1. The zero-order chi connectivity index (χ0) is 7.28. The van der Waals surface area contributed by atoms with Crippen LogP contribution >= 0.6 is 0 Å². The largest absolute Gasteiger partial charge is 0.327 e. The maximum Gasteiger partial charge on any atom is 0.00733 e. The summed E-state index contributed by atoms with van der Waals surface area (Å²) in [6.07, 6.45) is 4.24. The number of rotatable bonds is 3. The zero-order valence-electron chi connectivity index (χ0n) is 6.65. The van der Waals surface area contributed by atoms with E-state index in [1.165, 1.54) is 5.57 Å². The van der Waals surface area contributed by atoms with Crippen LogP contribution in [0.3, 0.4) is 0 Å². The molecular weight excluding hydrogens is 110 g/mol. The Labute approximate surface area is 57.9 Å². The van der Waals surface area contributed by atoms with Gasteiger partial charge in [-0.05, 0) is 26.7 Å². The lowest BCUT2D eigenvalue weighted by Crippen LogP contribution is -2.18. The molecule has 1 atom stereocenters. The minimum atomic E-state index is 0.362. The van der Waals surface area contributed by atoms with E-state index < -0.39 is 0 Å². The van der Waals surface area contributed by atoms with E-state index in [1.54, 1.807) is 0 Å². The SMILES string of the molecule is C/C=C(\C)CC(N)CC. The summed E-state index contributed by atoms with van der Waals surface area (Å²) in [6, 6.07) is 0.362. The van der Waals surface area contributed by atoms with E-state index in [9.17, 15) is 0 Å². The van der Waals surface area contributed by atoms with E-state index >= 15 is 0 Å². The van der Waals surface area contributed by atoms with Crippen molar-refractivity contribution >= 4 is 0 Å². The van der Waals surface area contributed by atoms with Gasteiger partial charge in [0, 0.05) is 6.04 Å². The summed E-state index contributed by atoms with van der Waals surface area (Å²) in [5, 5.41) is 0. The summed E-state index contributed by atoms with van der Waals surface area (Å²) in [5.74, 6) is 0. The van der Waals surface area contributed by atoms with Crippen molar-refractivity contribution in [3.8, 4) is 0 Å². The van der Waals surface area contributed by atoms with Gasteiger partial charge in [0.2, 0.25) is 0 Å². The first-order valence-corrected chi connectivity index (χ1v) is 3.58. The van der Waals surface area contributed by atoms with E-state index in [-0.39, 0.29) is 0 Å². The average Bonchev–Trinajstić information content (AvgIpc) is 1.87. The van der Waals surface area contributed by atoms with Crippen LogP contribution in [0.2, 0.25) is 0 Å². The van der Waals surface area contributed by atoms with Gasteiger partial charge < -0.3 is 5.73 Å². The number of nitrogens with two attached hydrogens (primary N) is 1. The van der Waals surface area contributed by atoms with Crippen molar-refractivity contribution in [1.29, 1.82) is 0 Å². The van der Waals surface area contributed by atoms with E-state index in [4.69, 9.17) is 5.73 Å². The molecule has 9 heavy (non-hydrogen) atoms. The van der Waals surface area contributed by atoms with Gasteiger partial charge in [0.15, 0.2) is 0 Å². The number of hydrogen-bond donors (Lipinski definition) is 1. The molecule has 0 radical (unpaired) electrons. The first-order chi connectivity index (χ1) is 4.20. The van der Waals surface area contributed by atoms with Crippen molar-refractivity contribution in [1.82, 2.24) is 0 Å². The third kappa shape index (κ3) is 4.22. The predicted octanol–water partition coefficient (Wildman–Crippen LogP) is 2.08. The molecule has 0 bridgehead atoms. The van der Waals surface area contributed by atoms with Gasteiger partial charge in [-0.3, -0.25) is 0 Å². The zero-order valence-corrected chi connectivity index (χ0v) is 6.65. The molecule has 54 valence electrons. The molecule has 1 nitrogen and oxygen atoms in total. The van der Waals surface area contributed by atoms with Crippen molar-refractivity contribution in [2.75, 3.05) is 0 Å². The fourth-order valence-electron chi connectivity index (χ4n) is 0.676. The van der Waals surface area contributed by atoms with Gasteiger partial charge in [0.1, 0.15) is 0 Å². The highest BCUT2D eigenvalue weighted by Gasteiger charge is 1.97. The number of allylic oxidation sites excluding steroid dienone is 1. The Morgan fingerprint density at radius 3 is 2.56 bits per heavy atom. The second-order valence-corrected chi connectivity index (χ2v) is 2.51. The summed E-state index contributed by atoms with van der Waals surface area (Å²) in [7, 11) is 0. The molecule has 0 rings (SSSR count). The minimum absolute atomic E-state index is 0.362. The first-order valence-electron chi connectivity index (χ1n) is 3.58. The molecule has 2 N–H and O–H groups in total. The van der Waals surface area contributed by atoms with Crippen molar-refractivity contribution in [2.45, 2.75) is 39.7 Å². The lowest BCUT2D eigenvalue weighted by atomic mass is 10.1. The molecule has 0 saturated carbocycles. The summed E-state index contributed by atoms with van der Waals surface area (Å²) >= 11 is 0. The second kappa shape index (κ2) is 4.57. The van der Waals surface area contributed by atoms with Gasteiger partial charge in [-0.1, -0.05) is 18.6 Å². The maximum absolute atomic E-state index is 5.71. The molecule has 0 aliphatic heterocycles. The van der Waals surface area contributed by atoms with Crippen molar-refractivity contribution in [3.05, 3.63) is 11.6 Å². The Bertz CT molecular complexity index is 94.7. The lowest BCUT2D eigenvalue weighted by Gasteiger charge is -2.07. The van der Waals surface area contributed by atoms with E-state index in [1.807, 2.05) is 0 Å². The van der Waals surface area contributed by atoms with Crippen LogP contribution < -0.4 is 5.73 Å². The smallest absolute Gasteiger partial charge is 0.00733 e.